The molecular weight excluding hydrogens is 460 g/mol. The zero-order valence-corrected chi connectivity index (χ0v) is 20.5. The number of piperidine rings is 1. The quantitative estimate of drug-likeness (QED) is 0.544. The molecule has 3 aliphatic rings. The van der Waals surface area contributed by atoms with Crippen LogP contribution in [0.25, 0.3) is 0 Å². The predicted molar refractivity (Wildman–Crippen MR) is 135 cm³/mol. The molecule has 9 heteroatoms. The van der Waals surface area contributed by atoms with E-state index >= 15 is 0 Å². The molecule has 4 amide bonds. The molecule has 0 atom stereocenters. The molecule has 1 aliphatic carbocycles. The summed E-state index contributed by atoms with van der Waals surface area (Å²) in [5.41, 5.74) is 1.66. The minimum atomic E-state index is -0.131. The van der Waals surface area contributed by atoms with Crippen molar-refractivity contribution in [2.24, 2.45) is 0 Å². The maximum atomic E-state index is 12.8. The highest BCUT2D eigenvalue weighted by Crippen LogP contribution is 2.35. The van der Waals surface area contributed by atoms with Gasteiger partial charge in [-0.1, -0.05) is 31.4 Å². The van der Waals surface area contributed by atoms with Crippen molar-refractivity contribution in [3.05, 3.63) is 48.0 Å². The van der Waals surface area contributed by atoms with Crippen molar-refractivity contribution in [2.45, 2.75) is 63.6 Å². The van der Waals surface area contributed by atoms with Gasteiger partial charge in [0.25, 0.3) is 0 Å². The zero-order valence-electron chi connectivity index (χ0n) is 20.5. The molecular formula is C27H34N4O5. The van der Waals surface area contributed by atoms with Crippen LogP contribution in [-0.4, -0.2) is 48.9 Å². The largest absolute Gasteiger partial charge is 0.489 e. The lowest BCUT2D eigenvalue weighted by Gasteiger charge is -2.33. The Morgan fingerprint density at radius 2 is 1.64 bits per heavy atom. The smallest absolute Gasteiger partial charge is 0.321 e. The van der Waals surface area contributed by atoms with E-state index in [-0.39, 0.29) is 24.9 Å². The summed E-state index contributed by atoms with van der Waals surface area (Å²) in [6.45, 7) is 1.80. The minimum absolute atomic E-state index is 0.0791. The topological polar surface area (TPSA) is 101 Å². The fourth-order valence-electron chi connectivity index (χ4n) is 4.96. The van der Waals surface area contributed by atoms with Crippen LogP contribution in [0.15, 0.2) is 42.5 Å². The number of fused-ring (bicyclic) bond motifs is 1. The van der Waals surface area contributed by atoms with Gasteiger partial charge in [-0.2, -0.15) is 0 Å². The molecule has 0 aromatic heterocycles. The third-order valence-electron chi connectivity index (χ3n) is 6.99. The summed E-state index contributed by atoms with van der Waals surface area (Å²) in [5, 5.41) is 9.18. The van der Waals surface area contributed by atoms with Gasteiger partial charge in [-0.15, -0.1) is 0 Å². The summed E-state index contributed by atoms with van der Waals surface area (Å²) in [7, 11) is 0. The predicted octanol–water partition coefficient (Wildman–Crippen LogP) is 4.62. The molecule has 1 saturated heterocycles. The van der Waals surface area contributed by atoms with Crippen molar-refractivity contribution in [3.63, 3.8) is 0 Å². The molecule has 3 N–H and O–H groups in total. The third kappa shape index (κ3) is 6.33. The molecule has 192 valence electrons. The number of benzene rings is 2. The summed E-state index contributed by atoms with van der Waals surface area (Å²) in [6.07, 6.45) is 7.27. The molecule has 9 nitrogen and oxygen atoms in total. The van der Waals surface area contributed by atoms with Gasteiger partial charge in [0, 0.05) is 36.9 Å². The van der Waals surface area contributed by atoms with E-state index in [0.717, 1.165) is 42.7 Å². The molecule has 2 fully saturated rings. The van der Waals surface area contributed by atoms with Gasteiger partial charge in [0.2, 0.25) is 6.79 Å². The molecule has 0 bridgehead atoms. The summed E-state index contributed by atoms with van der Waals surface area (Å²) < 4.78 is 16.6. The maximum Gasteiger partial charge on any atom is 0.321 e. The van der Waals surface area contributed by atoms with Crippen molar-refractivity contribution in [3.8, 4) is 17.2 Å². The molecule has 5 rings (SSSR count). The number of carbonyl (C=O) groups is 2. The first-order chi connectivity index (χ1) is 17.6. The Hall–Kier alpha value is -3.62. The highest BCUT2D eigenvalue weighted by Gasteiger charge is 2.25. The SMILES string of the molecule is O=C(NC1CCCCC1)NC1CCN(C(=O)Nc2cccc(COc3ccc4c(c3)OCO4)c2)CC1. The molecule has 2 aromatic carbocycles. The van der Waals surface area contributed by atoms with Crippen molar-refractivity contribution in [2.75, 3.05) is 25.2 Å². The first kappa shape index (κ1) is 24.1. The molecule has 36 heavy (non-hydrogen) atoms. The van der Waals surface area contributed by atoms with Crippen molar-refractivity contribution in [1.29, 1.82) is 0 Å². The lowest BCUT2D eigenvalue weighted by Crippen LogP contribution is -2.51. The molecule has 1 saturated carbocycles. The van der Waals surface area contributed by atoms with E-state index in [2.05, 4.69) is 16.0 Å². The Bertz CT molecular complexity index is 1060. The zero-order chi connectivity index (χ0) is 24.7. The van der Waals surface area contributed by atoms with E-state index in [0.29, 0.717) is 37.2 Å². The second kappa shape index (κ2) is 11.4. The minimum Gasteiger partial charge on any atom is -0.489 e. The molecule has 2 aromatic rings. The van der Waals surface area contributed by atoms with Gasteiger partial charge in [0.1, 0.15) is 12.4 Å². The first-order valence-corrected chi connectivity index (χ1v) is 12.9. The fraction of sp³-hybridized carbons (Fsp3) is 0.481. The standard InChI is InChI=1S/C27H34N4O5/c32-26(28-20-6-2-1-3-7-20)29-21-11-13-31(14-12-21)27(33)30-22-8-4-5-19(15-22)17-34-23-9-10-24-25(16-23)36-18-35-24/h4-5,8-10,15-16,20-21H,1-3,6-7,11-14,17-18H2,(H,30,33)(H2,28,29,32). The molecule has 0 unspecified atom stereocenters. The van der Waals surface area contributed by atoms with Gasteiger partial charge in [-0.05, 0) is 55.5 Å². The highest BCUT2D eigenvalue weighted by molar-refractivity contribution is 5.89. The maximum absolute atomic E-state index is 12.8. The summed E-state index contributed by atoms with van der Waals surface area (Å²) >= 11 is 0. The van der Waals surface area contributed by atoms with Crippen LogP contribution in [0, 0.1) is 0 Å². The van der Waals surface area contributed by atoms with E-state index in [1.54, 1.807) is 4.90 Å². The van der Waals surface area contributed by atoms with Crippen LogP contribution in [0.1, 0.15) is 50.5 Å². The van der Waals surface area contributed by atoms with Crippen LogP contribution >= 0.6 is 0 Å². The van der Waals surface area contributed by atoms with Crippen LogP contribution in [0.5, 0.6) is 17.2 Å². The Kier molecular flexibility index (Phi) is 7.64. The normalized spacial score (nSPS) is 17.9. The second-order valence-corrected chi connectivity index (χ2v) is 9.65. The van der Waals surface area contributed by atoms with E-state index in [4.69, 9.17) is 14.2 Å². The van der Waals surface area contributed by atoms with E-state index in [1.165, 1.54) is 19.3 Å². The van der Waals surface area contributed by atoms with Crippen molar-refractivity contribution >= 4 is 17.7 Å². The van der Waals surface area contributed by atoms with Crippen LogP contribution in [0.2, 0.25) is 0 Å². The third-order valence-corrected chi connectivity index (χ3v) is 6.99. The van der Waals surface area contributed by atoms with E-state index in [1.807, 2.05) is 42.5 Å². The number of urea groups is 2. The number of rotatable bonds is 6. The summed E-state index contributed by atoms with van der Waals surface area (Å²) in [4.78, 5) is 26.9. The van der Waals surface area contributed by atoms with Crippen LogP contribution in [0.4, 0.5) is 15.3 Å². The molecule has 0 spiro atoms. The second-order valence-electron chi connectivity index (χ2n) is 9.65. The van der Waals surface area contributed by atoms with Gasteiger partial charge in [0.15, 0.2) is 11.5 Å². The lowest BCUT2D eigenvalue weighted by molar-refractivity contribution is 0.173. The van der Waals surface area contributed by atoms with E-state index < -0.39 is 0 Å². The number of amides is 4. The summed E-state index contributed by atoms with van der Waals surface area (Å²) in [6, 6.07) is 13.3. The van der Waals surface area contributed by atoms with Gasteiger partial charge >= 0.3 is 12.1 Å². The van der Waals surface area contributed by atoms with Gasteiger partial charge in [-0.3, -0.25) is 0 Å². The first-order valence-electron chi connectivity index (χ1n) is 12.9. The number of carbonyl (C=O) groups excluding carboxylic acids is 2. The number of hydrogen-bond donors (Lipinski definition) is 3. The Morgan fingerprint density at radius 1 is 0.889 bits per heavy atom. The number of hydrogen-bond acceptors (Lipinski definition) is 5. The van der Waals surface area contributed by atoms with Crippen LogP contribution in [-0.2, 0) is 6.61 Å². The average Bonchev–Trinajstić information content (AvgIpc) is 3.37. The molecule has 2 aliphatic heterocycles. The van der Waals surface area contributed by atoms with Crippen molar-refractivity contribution < 1.29 is 23.8 Å². The van der Waals surface area contributed by atoms with Gasteiger partial charge in [-0.25, -0.2) is 9.59 Å². The number of nitrogens with one attached hydrogen (secondary N) is 3. The van der Waals surface area contributed by atoms with Crippen molar-refractivity contribution in [1.82, 2.24) is 15.5 Å². The Morgan fingerprint density at radius 3 is 2.44 bits per heavy atom. The fourth-order valence-corrected chi connectivity index (χ4v) is 4.96. The number of ether oxygens (including phenoxy) is 3. The van der Waals surface area contributed by atoms with Gasteiger partial charge in [0.05, 0.1) is 0 Å². The van der Waals surface area contributed by atoms with E-state index in [9.17, 15) is 9.59 Å². The van der Waals surface area contributed by atoms with Gasteiger partial charge < -0.3 is 35.1 Å². The van der Waals surface area contributed by atoms with Crippen LogP contribution in [0.3, 0.4) is 0 Å². The number of likely N-dealkylation sites (tertiary alicyclic amines) is 1. The summed E-state index contributed by atoms with van der Waals surface area (Å²) in [5.74, 6) is 2.09. The average molecular weight is 495 g/mol. The Balaban J connectivity index is 1.05. The monoisotopic (exact) mass is 494 g/mol. The molecule has 0 radical (unpaired) electrons. The van der Waals surface area contributed by atoms with Crippen LogP contribution < -0.4 is 30.2 Å². The lowest BCUT2D eigenvalue weighted by atomic mass is 9.96. The number of anilines is 1. The highest BCUT2D eigenvalue weighted by atomic mass is 16.7. The Labute approximate surface area is 211 Å². The number of nitrogens with zero attached hydrogens (tertiary/aromatic N) is 1. The molecule has 2 heterocycles.